The maximum absolute atomic E-state index is 11.8. The molecule has 1 unspecified atom stereocenters. The Labute approximate surface area is 105 Å². The van der Waals surface area contributed by atoms with E-state index in [4.69, 9.17) is 0 Å². The van der Waals surface area contributed by atoms with E-state index in [9.17, 15) is 4.79 Å². The van der Waals surface area contributed by atoms with Crippen LogP contribution in [0.2, 0.25) is 0 Å². The summed E-state index contributed by atoms with van der Waals surface area (Å²) in [4.78, 5) is 11.8. The fraction of sp³-hybridized carbons (Fsp3) is 0.462. The van der Waals surface area contributed by atoms with Crippen molar-refractivity contribution < 1.29 is 4.79 Å². The van der Waals surface area contributed by atoms with Crippen LogP contribution in [0.1, 0.15) is 24.8 Å². The predicted molar refractivity (Wildman–Crippen MR) is 68.5 cm³/mol. The first-order chi connectivity index (χ1) is 7.75. The molecule has 1 aromatic carbocycles. The molecular weight excluding hydrogens is 266 g/mol. The molecule has 1 saturated heterocycles. The van der Waals surface area contributed by atoms with Gasteiger partial charge in [0.05, 0.1) is 6.04 Å². The van der Waals surface area contributed by atoms with Crippen LogP contribution in [-0.2, 0) is 11.2 Å². The molecule has 0 aromatic heterocycles. The molecule has 86 valence electrons. The van der Waals surface area contributed by atoms with Crippen LogP contribution in [0, 0.1) is 0 Å². The Bertz CT molecular complexity index is 355. The van der Waals surface area contributed by atoms with Crippen LogP contribution >= 0.6 is 15.9 Å². The number of carbonyl (C=O) groups is 1. The monoisotopic (exact) mass is 281 g/mol. The molecular formula is C13H16BrNO. The number of hydrogen-bond donors (Lipinski definition) is 1. The standard InChI is InChI=1S/C13H16BrNO/c14-11-6-3-10(4-7-11)5-8-13(16)12-2-1-9-15-12/h3-4,6-7,12,15H,1-2,5,8-9H2. The second-order valence-corrected chi connectivity index (χ2v) is 5.16. The van der Waals surface area contributed by atoms with E-state index < -0.39 is 0 Å². The average Bonchev–Trinajstić information content (AvgIpc) is 2.81. The molecule has 3 heteroatoms. The van der Waals surface area contributed by atoms with Crippen molar-refractivity contribution in [3.05, 3.63) is 34.3 Å². The third kappa shape index (κ3) is 3.16. The highest BCUT2D eigenvalue weighted by atomic mass is 79.9. The second kappa shape index (κ2) is 5.60. The molecule has 16 heavy (non-hydrogen) atoms. The number of carbonyl (C=O) groups excluding carboxylic acids is 1. The number of Topliss-reactive ketones (excluding diaryl/α,β-unsaturated/α-hetero) is 1. The first-order valence-corrected chi connectivity index (χ1v) is 6.55. The first kappa shape index (κ1) is 11.8. The molecule has 1 aromatic rings. The van der Waals surface area contributed by atoms with Gasteiger partial charge in [0.25, 0.3) is 0 Å². The van der Waals surface area contributed by atoms with Crippen molar-refractivity contribution in [3.63, 3.8) is 0 Å². The lowest BCUT2D eigenvalue weighted by Gasteiger charge is -2.08. The van der Waals surface area contributed by atoms with Crippen LogP contribution < -0.4 is 5.32 Å². The highest BCUT2D eigenvalue weighted by molar-refractivity contribution is 9.10. The van der Waals surface area contributed by atoms with E-state index in [-0.39, 0.29) is 6.04 Å². The summed E-state index contributed by atoms with van der Waals surface area (Å²) in [5, 5.41) is 3.24. The lowest BCUT2D eigenvalue weighted by molar-refractivity contribution is -0.120. The number of hydrogen-bond acceptors (Lipinski definition) is 2. The van der Waals surface area contributed by atoms with Gasteiger partial charge in [0, 0.05) is 10.9 Å². The molecule has 1 aliphatic rings. The van der Waals surface area contributed by atoms with Gasteiger partial charge < -0.3 is 5.32 Å². The Morgan fingerprint density at radius 3 is 2.75 bits per heavy atom. The van der Waals surface area contributed by atoms with Crippen molar-refractivity contribution in [1.29, 1.82) is 0 Å². The number of ketones is 1. The minimum Gasteiger partial charge on any atom is -0.307 e. The lowest BCUT2D eigenvalue weighted by Crippen LogP contribution is -2.30. The molecule has 1 N–H and O–H groups in total. The zero-order valence-corrected chi connectivity index (χ0v) is 10.8. The van der Waals surface area contributed by atoms with Crippen LogP contribution in [0.4, 0.5) is 0 Å². The Morgan fingerprint density at radius 2 is 2.12 bits per heavy atom. The lowest BCUT2D eigenvalue weighted by atomic mass is 10.0. The maximum Gasteiger partial charge on any atom is 0.150 e. The van der Waals surface area contributed by atoms with Gasteiger partial charge in [-0.3, -0.25) is 4.79 Å². The molecule has 0 bridgehead atoms. The molecule has 0 saturated carbocycles. The molecule has 0 aliphatic carbocycles. The van der Waals surface area contributed by atoms with Crippen molar-refractivity contribution in [2.75, 3.05) is 6.54 Å². The summed E-state index contributed by atoms with van der Waals surface area (Å²) in [5.41, 5.74) is 1.23. The highest BCUT2D eigenvalue weighted by Gasteiger charge is 2.21. The smallest absolute Gasteiger partial charge is 0.150 e. The SMILES string of the molecule is O=C(CCc1ccc(Br)cc1)C1CCCN1. The summed E-state index contributed by atoms with van der Waals surface area (Å²) < 4.78 is 1.08. The van der Waals surface area contributed by atoms with Gasteiger partial charge in [-0.2, -0.15) is 0 Å². The zero-order chi connectivity index (χ0) is 11.4. The van der Waals surface area contributed by atoms with Crippen molar-refractivity contribution in [1.82, 2.24) is 5.32 Å². The fourth-order valence-electron chi connectivity index (χ4n) is 2.05. The van der Waals surface area contributed by atoms with Crippen LogP contribution in [0.15, 0.2) is 28.7 Å². The molecule has 1 aliphatic heterocycles. The van der Waals surface area contributed by atoms with Gasteiger partial charge in [-0.15, -0.1) is 0 Å². The quantitative estimate of drug-likeness (QED) is 0.920. The topological polar surface area (TPSA) is 29.1 Å². The van der Waals surface area contributed by atoms with E-state index in [1.807, 2.05) is 12.1 Å². The van der Waals surface area contributed by atoms with Crippen molar-refractivity contribution in [2.24, 2.45) is 0 Å². The molecule has 1 fully saturated rings. The van der Waals surface area contributed by atoms with E-state index in [1.54, 1.807) is 0 Å². The largest absolute Gasteiger partial charge is 0.307 e. The van der Waals surface area contributed by atoms with E-state index in [2.05, 4.69) is 33.4 Å². The van der Waals surface area contributed by atoms with Gasteiger partial charge in [0.1, 0.15) is 5.78 Å². The van der Waals surface area contributed by atoms with Gasteiger partial charge >= 0.3 is 0 Å². The summed E-state index contributed by atoms with van der Waals surface area (Å²) in [7, 11) is 0. The second-order valence-electron chi connectivity index (χ2n) is 4.24. The van der Waals surface area contributed by atoms with Crippen molar-refractivity contribution in [2.45, 2.75) is 31.7 Å². The van der Waals surface area contributed by atoms with Crippen LogP contribution in [0.25, 0.3) is 0 Å². The fourth-order valence-corrected chi connectivity index (χ4v) is 2.32. The minimum atomic E-state index is 0.121. The Balaban J connectivity index is 1.82. The van der Waals surface area contributed by atoms with Gasteiger partial charge in [0.2, 0.25) is 0 Å². The van der Waals surface area contributed by atoms with Gasteiger partial charge in [-0.05, 0) is 43.5 Å². The van der Waals surface area contributed by atoms with E-state index in [1.165, 1.54) is 5.56 Å². The summed E-state index contributed by atoms with van der Waals surface area (Å²) in [6.45, 7) is 0.995. The summed E-state index contributed by atoms with van der Waals surface area (Å²) >= 11 is 3.40. The normalized spacial score (nSPS) is 19.9. The van der Waals surface area contributed by atoms with E-state index in [0.717, 1.165) is 30.3 Å². The van der Waals surface area contributed by atoms with Gasteiger partial charge in [-0.1, -0.05) is 28.1 Å². The third-order valence-corrected chi connectivity index (χ3v) is 3.55. The summed E-state index contributed by atoms with van der Waals surface area (Å²) in [6, 6.07) is 8.30. The molecule has 1 heterocycles. The number of nitrogens with one attached hydrogen (secondary N) is 1. The molecule has 0 spiro atoms. The summed E-state index contributed by atoms with van der Waals surface area (Å²) in [5.74, 6) is 0.361. The molecule has 1 atom stereocenters. The summed E-state index contributed by atoms with van der Waals surface area (Å²) in [6.07, 6.45) is 3.65. The van der Waals surface area contributed by atoms with Crippen LogP contribution in [0.5, 0.6) is 0 Å². The maximum atomic E-state index is 11.8. The van der Waals surface area contributed by atoms with Gasteiger partial charge in [0.15, 0.2) is 0 Å². The number of rotatable bonds is 4. The third-order valence-electron chi connectivity index (χ3n) is 3.02. The predicted octanol–water partition coefficient (Wildman–Crippen LogP) is 2.70. The van der Waals surface area contributed by atoms with Crippen LogP contribution in [0.3, 0.4) is 0 Å². The van der Waals surface area contributed by atoms with Gasteiger partial charge in [-0.25, -0.2) is 0 Å². The molecule has 2 nitrogen and oxygen atoms in total. The highest BCUT2D eigenvalue weighted by Crippen LogP contribution is 2.13. The Morgan fingerprint density at radius 1 is 1.38 bits per heavy atom. The Hall–Kier alpha value is -0.670. The number of benzene rings is 1. The molecule has 0 amide bonds. The van der Waals surface area contributed by atoms with E-state index >= 15 is 0 Å². The van der Waals surface area contributed by atoms with Crippen molar-refractivity contribution in [3.8, 4) is 0 Å². The minimum absolute atomic E-state index is 0.121. The Kier molecular flexibility index (Phi) is 4.13. The molecule has 2 rings (SSSR count). The number of halogens is 1. The zero-order valence-electron chi connectivity index (χ0n) is 9.21. The first-order valence-electron chi connectivity index (χ1n) is 5.76. The average molecular weight is 282 g/mol. The van der Waals surface area contributed by atoms with Crippen LogP contribution in [-0.4, -0.2) is 18.4 Å². The molecule has 0 radical (unpaired) electrons. The number of aryl methyl sites for hydroxylation is 1. The van der Waals surface area contributed by atoms with E-state index in [0.29, 0.717) is 12.2 Å². The van der Waals surface area contributed by atoms with Crippen molar-refractivity contribution >= 4 is 21.7 Å².